The zero-order valence-corrected chi connectivity index (χ0v) is 7.46. The highest BCUT2D eigenvalue weighted by Crippen LogP contribution is 2.28. The summed E-state index contributed by atoms with van der Waals surface area (Å²) >= 11 is 0. The van der Waals surface area contributed by atoms with Crippen LogP contribution < -0.4 is 0 Å². The second kappa shape index (κ2) is 2.99. The first-order chi connectivity index (χ1) is 5.06. The van der Waals surface area contributed by atoms with E-state index in [0.29, 0.717) is 0 Å². The van der Waals surface area contributed by atoms with Crippen LogP contribution in [0.4, 0.5) is 0 Å². The van der Waals surface area contributed by atoms with Gasteiger partial charge in [-0.15, -0.1) is 6.58 Å². The molecule has 0 aliphatic carbocycles. The summed E-state index contributed by atoms with van der Waals surface area (Å²) in [7, 11) is -0.0856. The average molecular weight is 154 g/mol. The van der Waals surface area contributed by atoms with Crippen LogP contribution >= 0.6 is 0 Å². The predicted octanol–water partition coefficient (Wildman–Crippen LogP) is 1.87. The van der Waals surface area contributed by atoms with Crippen molar-refractivity contribution in [1.82, 2.24) is 0 Å². The minimum atomic E-state index is -0.145. The Morgan fingerprint density at radius 3 is 2.64 bits per heavy atom. The molecule has 0 aromatic heterocycles. The molecule has 1 aliphatic heterocycles. The van der Waals surface area contributed by atoms with Crippen molar-refractivity contribution in [3.63, 3.8) is 0 Å². The third-order valence-corrected chi connectivity index (χ3v) is 2.13. The van der Waals surface area contributed by atoms with Crippen molar-refractivity contribution in [2.24, 2.45) is 0 Å². The maximum Gasteiger partial charge on any atom is 0.461 e. The summed E-state index contributed by atoms with van der Waals surface area (Å²) in [5, 5.41) is 0. The molecular formula is C8H15BO2. The molecule has 11 heavy (non-hydrogen) atoms. The van der Waals surface area contributed by atoms with E-state index < -0.39 is 0 Å². The lowest BCUT2D eigenvalue weighted by atomic mass is 9.85. The van der Waals surface area contributed by atoms with E-state index in [-0.39, 0.29) is 18.8 Å². The Labute approximate surface area is 68.7 Å². The molecule has 1 rings (SSSR count). The zero-order chi connectivity index (χ0) is 8.48. The van der Waals surface area contributed by atoms with E-state index in [0.717, 1.165) is 6.32 Å². The Kier molecular flexibility index (Phi) is 2.40. The maximum absolute atomic E-state index is 5.61. The lowest BCUT2D eigenvalue weighted by Gasteiger charge is -2.21. The van der Waals surface area contributed by atoms with Crippen molar-refractivity contribution in [2.45, 2.75) is 38.8 Å². The molecule has 1 fully saturated rings. The van der Waals surface area contributed by atoms with E-state index in [4.69, 9.17) is 9.31 Å². The normalized spacial score (nSPS) is 29.0. The molecule has 0 saturated carbocycles. The van der Waals surface area contributed by atoms with Crippen molar-refractivity contribution >= 4 is 7.12 Å². The third kappa shape index (κ3) is 1.85. The van der Waals surface area contributed by atoms with Crippen LogP contribution in [0.1, 0.15) is 20.8 Å². The van der Waals surface area contributed by atoms with Gasteiger partial charge in [-0.25, -0.2) is 0 Å². The number of allylic oxidation sites excluding steroid dienone is 1. The van der Waals surface area contributed by atoms with E-state index in [1.54, 1.807) is 0 Å². The second-order valence-corrected chi connectivity index (χ2v) is 3.45. The molecule has 0 aromatic rings. The van der Waals surface area contributed by atoms with Gasteiger partial charge in [0.15, 0.2) is 0 Å². The van der Waals surface area contributed by atoms with E-state index >= 15 is 0 Å². The Morgan fingerprint density at radius 2 is 2.27 bits per heavy atom. The summed E-state index contributed by atoms with van der Waals surface area (Å²) in [4.78, 5) is 0. The van der Waals surface area contributed by atoms with Crippen molar-refractivity contribution in [3.8, 4) is 0 Å². The van der Waals surface area contributed by atoms with Gasteiger partial charge in [-0.1, -0.05) is 6.08 Å². The van der Waals surface area contributed by atoms with E-state index in [9.17, 15) is 0 Å². The van der Waals surface area contributed by atoms with Crippen LogP contribution in [-0.2, 0) is 9.31 Å². The molecule has 0 spiro atoms. The minimum Gasteiger partial charge on any atom is -0.406 e. The first-order valence-corrected chi connectivity index (χ1v) is 4.00. The third-order valence-electron chi connectivity index (χ3n) is 2.13. The van der Waals surface area contributed by atoms with E-state index in [1.165, 1.54) is 0 Å². The predicted molar refractivity (Wildman–Crippen MR) is 46.5 cm³/mol. The van der Waals surface area contributed by atoms with Crippen molar-refractivity contribution in [1.29, 1.82) is 0 Å². The van der Waals surface area contributed by atoms with Gasteiger partial charge in [0.05, 0.1) is 11.7 Å². The Hall–Kier alpha value is -0.275. The molecule has 1 atom stereocenters. The van der Waals surface area contributed by atoms with Crippen LogP contribution in [0.25, 0.3) is 0 Å². The molecule has 1 saturated heterocycles. The van der Waals surface area contributed by atoms with Gasteiger partial charge in [0, 0.05) is 6.32 Å². The zero-order valence-electron chi connectivity index (χ0n) is 7.46. The molecule has 0 amide bonds. The fourth-order valence-electron chi connectivity index (χ4n) is 1.09. The quantitative estimate of drug-likeness (QED) is 0.446. The van der Waals surface area contributed by atoms with Crippen LogP contribution in [0, 0.1) is 0 Å². The summed E-state index contributed by atoms with van der Waals surface area (Å²) in [5.41, 5.74) is -0.145. The Balaban J connectivity index is 2.49. The molecule has 2 nitrogen and oxygen atoms in total. The fourth-order valence-corrected chi connectivity index (χ4v) is 1.09. The lowest BCUT2D eigenvalue weighted by molar-refractivity contribution is 0.0840. The summed E-state index contributed by atoms with van der Waals surface area (Å²) in [6.07, 6.45) is 2.76. The molecule has 1 aliphatic rings. The van der Waals surface area contributed by atoms with Crippen LogP contribution in [-0.4, -0.2) is 18.8 Å². The van der Waals surface area contributed by atoms with Crippen LogP contribution in [0.5, 0.6) is 0 Å². The molecule has 0 N–H and O–H groups in total. The smallest absolute Gasteiger partial charge is 0.406 e. The minimum absolute atomic E-state index is 0.0856. The number of hydrogen-bond donors (Lipinski definition) is 0. The number of rotatable bonds is 2. The summed E-state index contributed by atoms with van der Waals surface area (Å²) in [6.45, 7) is 9.75. The largest absolute Gasteiger partial charge is 0.461 e. The first kappa shape index (κ1) is 8.82. The van der Waals surface area contributed by atoms with Gasteiger partial charge in [-0.2, -0.15) is 0 Å². The summed E-state index contributed by atoms with van der Waals surface area (Å²) in [6, 6.07) is 0. The van der Waals surface area contributed by atoms with Gasteiger partial charge in [0.25, 0.3) is 0 Å². The van der Waals surface area contributed by atoms with Gasteiger partial charge >= 0.3 is 7.12 Å². The van der Waals surface area contributed by atoms with Gasteiger partial charge < -0.3 is 9.31 Å². The monoisotopic (exact) mass is 154 g/mol. The van der Waals surface area contributed by atoms with E-state index in [1.807, 2.05) is 26.8 Å². The van der Waals surface area contributed by atoms with Gasteiger partial charge in [-0.3, -0.25) is 0 Å². The SMILES string of the molecule is C=CCB1OC(C)C(C)(C)O1. The van der Waals surface area contributed by atoms with Gasteiger partial charge in [0.2, 0.25) is 0 Å². The van der Waals surface area contributed by atoms with Crippen molar-refractivity contribution in [2.75, 3.05) is 0 Å². The fraction of sp³-hybridized carbons (Fsp3) is 0.750. The molecule has 3 heteroatoms. The highest BCUT2D eigenvalue weighted by atomic mass is 16.7. The Bertz CT molecular complexity index is 156. The van der Waals surface area contributed by atoms with E-state index in [2.05, 4.69) is 6.58 Å². The molecule has 1 unspecified atom stereocenters. The molecule has 0 aromatic carbocycles. The van der Waals surface area contributed by atoms with Crippen molar-refractivity contribution in [3.05, 3.63) is 12.7 Å². The Morgan fingerprint density at radius 1 is 1.64 bits per heavy atom. The van der Waals surface area contributed by atoms with Gasteiger partial charge in [0.1, 0.15) is 0 Å². The molecule has 62 valence electrons. The standard InChI is InChI=1S/C8H15BO2/c1-5-6-9-10-7(2)8(3,4)11-9/h5,7H,1,6H2,2-4H3. The van der Waals surface area contributed by atoms with Crippen molar-refractivity contribution < 1.29 is 9.31 Å². The summed E-state index contributed by atoms with van der Waals surface area (Å²) < 4.78 is 11.1. The maximum atomic E-state index is 5.61. The molecular weight excluding hydrogens is 139 g/mol. The average Bonchev–Trinajstić information content (AvgIpc) is 2.08. The molecule has 0 radical (unpaired) electrons. The van der Waals surface area contributed by atoms with Crippen LogP contribution in [0.15, 0.2) is 12.7 Å². The molecule has 1 heterocycles. The van der Waals surface area contributed by atoms with Crippen LogP contribution in [0.2, 0.25) is 6.32 Å². The second-order valence-electron chi connectivity index (χ2n) is 3.45. The highest BCUT2D eigenvalue weighted by molar-refractivity contribution is 6.45. The van der Waals surface area contributed by atoms with Gasteiger partial charge in [-0.05, 0) is 20.8 Å². The number of hydrogen-bond acceptors (Lipinski definition) is 2. The van der Waals surface area contributed by atoms with Crippen LogP contribution in [0.3, 0.4) is 0 Å². The topological polar surface area (TPSA) is 18.5 Å². The molecule has 0 bridgehead atoms. The highest BCUT2D eigenvalue weighted by Gasteiger charge is 2.41. The summed E-state index contributed by atoms with van der Waals surface area (Å²) in [5.74, 6) is 0. The lowest BCUT2D eigenvalue weighted by Crippen LogP contribution is -2.30. The first-order valence-electron chi connectivity index (χ1n) is 4.00.